The van der Waals surface area contributed by atoms with Gasteiger partial charge in [0.25, 0.3) is 5.91 Å². The number of amides is 1. The van der Waals surface area contributed by atoms with Gasteiger partial charge in [0.15, 0.2) is 17.5 Å². The van der Waals surface area contributed by atoms with Crippen molar-refractivity contribution in [1.29, 1.82) is 0 Å². The van der Waals surface area contributed by atoms with Crippen molar-refractivity contribution in [2.24, 2.45) is 0 Å². The number of carbonyl (C=O) groups excluding carboxylic acids is 1. The van der Waals surface area contributed by atoms with E-state index in [1.165, 1.54) is 10.1 Å². The second kappa shape index (κ2) is 11.4. The van der Waals surface area contributed by atoms with Gasteiger partial charge >= 0.3 is 0 Å². The Morgan fingerprint density at radius 3 is 2.69 bits per heavy atom. The molecular formula is C18H21F3IN3O4. The molecule has 0 atom stereocenters. The van der Waals surface area contributed by atoms with Gasteiger partial charge in [0.1, 0.15) is 0 Å². The van der Waals surface area contributed by atoms with Crippen LogP contribution in [0.15, 0.2) is 27.7 Å². The molecule has 1 amide bonds. The smallest absolute Gasteiger partial charge is 0.277 e. The molecule has 1 heterocycles. The Morgan fingerprint density at radius 1 is 1.28 bits per heavy atom. The summed E-state index contributed by atoms with van der Waals surface area (Å²) in [6.07, 6.45) is 1.21. The lowest BCUT2D eigenvalue weighted by molar-refractivity contribution is -0.00937. The van der Waals surface area contributed by atoms with Gasteiger partial charge in [-0.25, -0.2) is 18.7 Å². The van der Waals surface area contributed by atoms with Gasteiger partial charge in [-0.15, -0.1) is 0 Å². The molecule has 0 saturated heterocycles. The SMILES string of the molecule is CC(C)ONCc1cc(C(=O)NOCCO)c(NC2=C(F)C=IC=C2)c(F)c1F. The van der Waals surface area contributed by atoms with Gasteiger partial charge in [0, 0.05) is 16.1 Å². The quantitative estimate of drug-likeness (QED) is 0.213. The Balaban J connectivity index is 2.40. The molecule has 7 nitrogen and oxygen atoms in total. The van der Waals surface area contributed by atoms with E-state index in [2.05, 4.69) is 10.8 Å². The number of halogens is 4. The molecule has 0 saturated carbocycles. The van der Waals surface area contributed by atoms with Gasteiger partial charge in [-0.3, -0.25) is 14.5 Å². The molecule has 160 valence electrons. The highest BCUT2D eigenvalue weighted by Crippen LogP contribution is 2.29. The molecule has 0 bridgehead atoms. The maximum atomic E-state index is 14.8. The first-order chi connectivity index (χ1) is 13.8. The molecule has 29 heavy (non-hydrogen) atoms. The molecule has 0 aromatic heterocycles. The molecular weight excluding hydrogens is 506 g/mol. The summed E-state index contributed by atoms with van der Waals surface area (Å²) < 4.78 is 46.5. The molecule has 11 heteroatoms. The van der Waals surface area contributed by atoms with E-state index in [-0.39, 0.29) is 42.7 Å². The van der Waals surface area contributed by atoms with Gasteiger partial charge in [0.05, 0.1) is 36.3 Å². The standard InChI is InChI=1S/C18H21F3IN3O4/c1-10(2)29-23-9-11-7-12(18(27)25-28-6-5-26)17(16(21)15(11)20)24-14-3-4-22-8-13(14)19/h3-4,7-8,10,23-24,26H,5-6,9H2,1-2H3,(H,25,27). The molecule has 0 spiro atoms. The highest BCUT2D eigenvalue weighted by atomic mass is 127. The van der Waals surface area contributed by atoms with E-state index in [1.54, 1.807) is 17.9 Å². The molecule has 0 aliphatic carbocycles. The summed E-state index contributed by atoms with van der Waals surface area (Å²) in [6, 6.07) is 1.11. The van der Waals surface area contributed by atoms with Gasteiger partial charge in [-0.1, -0.05) is 20.7 Å². The summed E-state index contributed by atoms with van der Waals surface area (Å²) in [6.45, 7) is 2.72. The predicted molar refractivity (Wildman–Crippen MR) is 111 cm³/mol. The number of hydrogen-bond donors (Lipinski definition) is 4. The fourth-order valence-electron chi connectivity index (χ4n) is 2.18. The van der Waals surface area contributed by atoms with E-state index < -0.39 is 49.8 Å². The van der Waals surface area contributed by atoms with Crippen molar-refractivity contribution in [3.8, 4) is 0 Å². The van der Waals surface area contributed by atoms with Crippen molar-refractivity contribution in [1.82, 2.24) is 11.0 Å². The lowest BCUT2D eigenvalue weighted by Gasteiger charge is -2.18. The predicted octanol–water partition coefficient (Wildman–Crippen LogP) is 2.94. The zero-order chi connectivity index (χ0) is 21.4. The minimum atomic E-state index is -1.35. The highest BCUT2D eigenvalue weighted by molar-refractivity contribution is 14.2. The molecule has 1 aromatic rings. The number of nitrogens with one attached hydrogen (secondary N) is 3. The minimum Gasteiger partial charge on any atom is -0.394 e. The van der Waals surface area contributed by atoms with E-state index in [1.807, 2.05) is 5.48 Å². The lowest BCUT2D eigenvalue weighted by atomic mass is 10.1. The number of hydroxylamine groups is 2. The number of benzene rings is 1. The minimum absolute atomic E-state index is 0.0893. The number of rotatable bonds is 10. The Kier molecular flexibility index (Phi) is 9.23. The molecule has 1 aliphatic heterocycles. The first kappa shape index (κ1) is 23.5. The van der Waals surface area contributed by atoms with Crippen molar-refractivity contribution in [3.63, 3.8) is 0 Å². The fourth-order valence-corrected chi connectivity index (χ4v) is 3.60. The van der Waals surface area contributed by atoms with Gasteiger partial charge < -0.3 is 10.4 Å². The Morgan fingerprint density at radius 2 is 2.03 bits per heavy atom. The number of hydrogen-bond acceptors (Lipinski definition) is 6. The van der Waals surface area contributed by atoms with Gasteiger partial charge in [-0.05, 0) is 30.1 Å². The Labute approximate surface area is 175 Å². The van der Waals surface area contributed by atoms with Crippen LogP contribution in [0, 0.1) is 11.6 Å². The summed E-state index contributed by atoms with van der Waals surface area (Å²) >= 11 is -0.584. The Bertz CT molecular complexity index is 844. The van der Waals surface area contributed by atoms with E-state index >= 15 is 0 Å². The largest absolute Gasteiger partial charge is 0.394 e. The van der Waals surface area contributed by atoms with Gasteiger partial charge in [-0.2, -0.15) is 5.48 Å². The molecule has 0 unspecified atom stereocenters. The zero-order valence-electron chi connectivity index (χ0n) is 15.7. The summed E-state index contributed by atoms with van der Waals surface area (Å²) in [5.74, 6) is -4.07. The van der Waals surface area contributed by atoms with Crippen LogP contribution in [-0.4, -0.2) is 34.3 Å². The molecule has 1 aliphatic rings. The number of anilines is 1. The summed E-state index contributed by atoms with van der Waals surface area (Å²) in [7, 11) is 0. The van der Waals surface area contributed by atoms with Crippen molar-refractivity contribution >= 4 is 36.3 Å². The zero-order valence-corrected chi connectivity index (χ0v) is 17.8. The monoisotopic (exact) mass is 527 g/mol. The van der Waals surface area contributed by atoms with Crippen LogP contribution in [0.2, 0.25) is 0 Å². The number of allylic oxidation sites excluding steroid dienone is 2. The first-order valence-electron chi connectivity index (χ1n) is 8.56. The summed E-state index contributed by atoms with van der Waals surface area (Å²) in [5, 5.41) is 11.2. The van der Waals surface area contributed by atoms with Crippen LogP contribution in [0.4, 0.5) is 18.9 Å². The maximum Gasteiger partial charge on any atom is 0.277 e. The van der Waals surface area contributed by atoms with Gasteiger partial charge in [0.2, 0.25) is 0 Å². The first-order valence-corrected chi connectivity index (χ1v) is 11.0. The third-order valence-electron chi connectivity index (χ3n) is 3.44. The second-order valence-electron chi connectivity index (χ2n) is 5.99. The fraction of sp³-hybridized carbons (Fsp3) is 0.333. The van der Waals surface area contributed by atoms with Crippen LogP contribution in [0.25, 0.3) is 0 Å². The van der Waals surface area contributed by atoms with E-state index in [9.17, 15) is 18.0 Å². The van der Waals surface area contributed by atoms with Crippen LogP contribution in [0.1, 0.15) is 29.8 Å². The van der Waals surface area contributed by atoms with E-state index in [4.69, 9.17) is 14.8 Å². The molecule has 2 rings (SSSR count). The molecule has 1 aromatic carbocycles. The number of aliphatic hydroxyl groups is 1. The third kappa shape index (κ3) is 6.60. The topological polar surface area (TPSA) is 91.9 Å². The van der Waals surface area contributed by atoms with E-state index in [0.29, 0.717) is 0 Å². The van der Waals surface area contributed by atoms with Crippen molar-refractivity contribution in [2.75, 3.05) is 18.5 Å². The molecule has 4 N–H and O–H groups in total. The molecule has 0 radical (unpaired) electrons. The average Bonchev–Trinajstić information content (AvgIpc) is 2.68. The maximum absolute atomic E-state index is 14.8. The lowest BCUT2D eigenvalue weighted by Crippen LogP contribution is -2.27. The normalized spacial score (nSPS) is 13.6. The Hall–Kier alpha value is -1.80. The van der Waals surface area contributed by atoms with E-state index in [0.717, 1.165) is 6.07 Å². The van der Waals surface area contributed by atoms with Crippen LogP contribution >= 0.6 is 20.7 Å². The average molecular weight is 527 g/mol. The number of carbonyl (C=O) groups is 1. The number of aliphatic hydroxyl groups excluding tert-OH is 1. The van der Waals surface area contributed by atoms with Crippen molar-refractivity contribution in [3.05, 3.63) is 50.5 Å². The molecule has 0 fully saturated rings. The second-order valence-corrected chi connectivity index (χ2v) is 8.05. The summed E-state index contributed by atoms with van der Waals surface area (Å²) in [4.78, 5) is 22.3. The van der Waals surface area contributed by atoms with Crippen LogP contribution in [0.5, 0.6) is 0 Å². The highest BCUT2D eigenvalue weighted by Gasteiger charge is 2.24. The van der Waals surface area contributed by atoms with Crippen LogP contribution < -0.4 is 16.3 Å². The van der Waals surface area contributed by atoms with Crippen LogP contribution in [-0.2, 0) is 16.2 Å². The van der Waals surface area contributed by atoms with Crippen molar-refractivity contribution < 1.29 is 32.7 Å². The third-order valence-corrected chi connectivity index (χ3v) is 5.13. The summed E-state index contributed by atoms with van der Waals surface area (Å²) in [5.41, 5.74) is 3.41. The van der Waals surface area contributed by atoms with Crippen molar-refractivity contribution in [2.45, 2.75) is 26.5 Å². The van der Waals surface area contributed by atoms with Crippen LogP contribution in [0.3, 0.4) is 0 Å².